The fourth-order valence-electron chi connectivity index (χ4n) is 3.91. The van der Waals surface area contributed by atoms with Gasteiger partial charge in [0.25, 0.3) is 0 Å². The van der Waals surface area contributed by atoms with E-state index in [-0.39, 0.29) is 12.5 Å². The second kappa shape index (κ2) is 15.3. The van der Waals surface area contributed by atoms with Gasteiger partial charge in [0.1, 0.15) is 18.2 Å². The van der Waals surface area contributed by atoms with Crippen molar-refractivity contribution in [3.8, 4) is 11.1 Å². The molecule has 0 fully saturated rings. The third kappa shape index (κ3) is 11.2. The predicted molar refractivity (Wildman–Crippen MR) is 155 cm³/mol. The Morgan fingerprint density at radius 2 is 1.35 bits per heavy atom. The van der Waals surface area contributed by atoms with Gasteiger partial charge in [0, 0.05) is 13.1 Å². The highest BCUT2D eigenvalue weighted by molar-refractivity contribution is 5.85. The summed E-state index contributed by atoms with van der Waals surface area (Å²) in [4.78, 5) is 37.4. The number of alkyl carbamates (subject to hydrolysis) is 2. The number of benzene rings is 3. The van der Waals surface area contributed by atoms with Gasteiger partial charge in [0.15, 0.2) is 0 Å². The number of unbranched alkanes of at least 4 members (excludes halogenated alkanes) is 1. The van der Waals surface area contributed by atoms with E-state index < -0.39 is 23.8 Å². The minimum atomic E-state index is -0.775. The van der Waals surface area contributed by atoms with Crippen LogP contribution in [-0.2, 0) is 27.4 Å². The maximum Gasteiger partial charge on any atom is 0.408 e. The summed E-state index contributed by atoms with van der Waals surface area (Å²) in [7, 11) is 0. The monoisotopic (exact) mass is 545 g/mol. The Kier molecular flexibility index (Phi) is 11.6. The van der Waals surface area contributed by atoms with Crippen molar-refractivity contribution in [2.24, 2.45) is 0 Å². The first-order valence-electron chi connectivity index (χ1n) is 13.6. The van der Waals surface area contributed by atoms with Crippen LogP contribution in [0.5, 0.6) is 0 Å². The molecule has 3 N–H and O–H groups in total. The average molecular weight is 546 g/mol. The molecule has 40 heavy (non-hydrogen) atoms. The highest BCUT2D eigenvalue weighted by Gasteiger charge is 2.24. The summed E-state index contributed by atoms with van der Waals surface area (Å²) in [5, 5.41) is 8.33. The molecule has 212 valence electrons. The highest BCUT2D eigenvalue weighted by atomic mass is 16.6. The summed E-state index contributed by atoms with van der Waals surface area (Å²) in [6, 6.07) is 26.7. The lowest BCUT2D eigenvalue weighted by Crippen LogP contribution is -2.48. The van der Waals surface area contributed by atoms with Crippen LogP contribution in [0.3, 0.4) is 0 Å². The number of hydrogen-bond acceptors (Lipinski definition) is 5. The van der Waals surface area contributed by atoms with E-state index in [2.05, 4.69) is 16.0 Å². The Balaban J connectivity index is 1.46. The molecule has 3 rings (SSSR count). The molecule has 0 bridgehead atoms. The number of hydrogen-bond donors (Lipinski definition) is 3. The predicted octanol–water partition coefficient (Wildman–Crippen LogP) is 5.96. The first-order chi connectivity index (χ1) is 19.2. The minimum absolute atomic E-state index is 0.198. The van der Waals surface area contributed by atoms with Gasteiger partial charge in [-0.2, -0.15) is 0 Å². The quantitative estimate of drug-likeness (QED) is 0.244. The summed E-state index contributed by atoms with van der Waals surface area (Å²) in [5.41, 5.74) is 3.39. The molecule has 3 aromatic rings. The summed E-state index contributed by atoms with van der Waals surface area (Å²) in [6.07, 6.45) is 0.448. The fourth-order valence-corrected chi connectivity index (χ4v) is 3.91. The van der Waals surface area contributed by atoms with Crippen LogP contribution in [0.1, 0.15) is 51.2 Å². The van der Waals surface area contributed by atoms with E-state index in [1.807, 2.05) is 84.9 Å². The van der Waals surface area contributed by atoms with E-state index in [9.17, 15) is 14.4 Å². The van der Waals surface area contributed by atoms with E-state index in [4.69, 9.17) is 9.47 Å². The van der Waals surface area contributed by atoms with Gasteiger partial charge in [-0.15, -0.1) is 0 Å². The molecule has 0 aliphatic carbocycles. The number of nitrogens with one attached hydrogen (secondary N) is 3. The number of rotatable bonds is 12. The van der Waals surface area contributed by atoms with Crippen molar-refractivity contribution in [2.75, 3.05) is 6.54 Å². The zero-order valence-corrected chi connectivity index (χ0v) is 23.4. The summed E-state index contributed by atoms with van der Waals surface area (Å²) in [6.45, 7) is 6.22. The summed E-state index contributed by atoms with van der Waals surface area (Å²) < 4.78 is 10.6. The number of amides is 3. The Morgan fingerprint density at radius 1 is 0.725 bits per heavy atom. The van der Waals surface area contributed by atoms with Gasteiger partial charge >= 0.3 is 12.2 Å². The van der Waals surface area contributed by atoms with Crippen molar-refractivity contribution in [1.82, 2.24) is 16.0 Å². The largest absolute Gasteiger partial charge is 0.445 e. The molecule has 0 aliphatic rings. The SMILES string of the molecule is CC(C)(C)OC(=O)NC(CCCCNC(=O)OCc1ccccc1)C(=O)NCc1ccc(-c2ccccc2)cc1. The molecule has 0 heterocycles. The highest BCUT2D eigenvalue weighted by Crippen LogP contribution is 2.19. The molecule has 8 heteroatoms. The summed E-state index contributed by atoms with van der Waals surface area (Å²) in [5.74, 6) is -0.298. The van der Waals surface area contributed by atoms with E-state index >= 15 is 0 Å². The van der Waals surface area contributed by atoms with Crippen LogP contribution in [0.25, 0.3) is 11.1 Å². The molecule has 1 unspecified atom stereocenters. The molecular formula is C32H39N3O5. The van der Waals surface area contributed by atoms with Crippen LogP contribution in [-0.4, -0.2) is 36.3 Å². The molecule has 0 spiro atoms. The first kappa shape index (κ1) is 30.2. The minimum Gasteiger partial charge on any atom is -0.445 e. The van der Waals surface area contributed by atoms with Gasteiger partial charge in [0.2, 0.25) is 5.91 Å². The lowest BCUT2D eigenvalue weighted by molar-refractivity contribution is -0.123. The van der Waals surface area contributed by atoms with Crippen molar-refractivity contribution in [1.29, 1.82) is 0 Å². The number of carbonyl (C=O) groups excluding carboxylic acids is 3. The molecule has 0 saturated carbocycles. The van der Waals surface area contributed by atoms with Crippen LogP contribution >= 0.6 is 0 Å². The van der Waals surface area contributed by atoms with Crippen LogP contribution in [0.4, 0.5) is 9.59 Å². The molecule has 3 amide bonds. The molecule has 0 aliphatic heterocycles. The number of ether oxygens (including phenoxy) is 2. The van der Waals surface area contributed by atoms with Crippen molar-refractivity contribution in [3.63, 3.8) is 0 Å². The van der Waals surface area contributed by atoms with Gasteiger partial charge in [-0.1, -0.05) is 84.9 Å². The van der Waals surface area contributed by atoms with Gasteiger partial charge < -0.3 is 25.4 Å². The van der Waals surface area contributed by atoms with Gasteiger partial charge in [-0.25, -0.2) is 9.59 Å². The Labute approximate surface area is 236 Å². The summed E-state index contributed by atoms with van der Waals surface area (Å²) >= 11 is 0. The van der Waals surface area contributed by atoms with Crippen molar-refractivity contribution in [2.45, 2.75) is 64.8 Å². The molecule has 8 nitrogen and oxygen atoms in total. The molecule has 0 saturated heterocycles. The van der Waals surface area contributed by atoms with E-state index in [1.165, 1.54) is 0 Å². The Morgan fingerprint density at radius 3 is 2.00 bits per heavy atom. The fraction of sp³-hybridized carbons (Fsp3) is 0.344. The third-order valence-corrected chi connectivity index (χ3v) is 5.94. The average Bonchev–Trinajstić information content (AvgIpc) is 2.94. The van der Waals surface area contributed by atoms with E-state index in [1.54, 1.807) is 20.8 Å². The van der Waals surface area contributed by atoms with Gasteiger partial charge in [0.05, 0.1) is 0 Å². The van der Waals surface area contributed by atoms with Crippen molar-refractivity contribution in [3.05, 3.63) is 96.1 Å². The first-order valence-corrected chi connectivity index (χ1v) is 13.6. The molecule has 0 radical (unpaired) electrons. The van der Waals surface area contributed by atoms with Gasteiger partial charge in [-0.05, 0) is 62.3 Å². The Hall–Kier alpha value is -4.33. The van der Waals surface area contributed by atoms with Crippen LogP contribution in [0, 0.1) is 0 Å². The smallest absolute Gasteiger partial charge is 0.408 e. The van der Waals surface area contributed by atoms with Crippen LogP contribution < -0.4 is 16.0 Å². The second-order valence-corrected chi connectivity index (χ2v) is 10.5. The lowest BCUT2D eigenvalue weighted by atomic mass is 10.0. The zero-order chi connectivity index (χ0) is 28.8. The Bertz CT molecular complexity index is 1210. The molecule has 3 aromatic carbocycles. The number of carbonyl (C=O) groups is 3. The lowest BCUT2D eigenvalue weighted by Gasteiger charge is -2.23. The van der Waals surface area contributed by atoms with Crippen LogP contribution in [0.2, 0.25) is 0 Å². The maximum absolute atomic E-state index is 13.0. The zero-order valence-electron chi connectivity index (χ0n) is 23.4. The van der Waals surface area contributed by atoms with Crippen molar-refractivity contribution >= 4 is 18.1 Å². The molecular weight excluding hydrogens is 506 g/mol. The molecule has 0 aromatic heterocycles. The maximum atomic E-state index is 13.0. The van der Waals surface area contributed by atoms with E-state index in [0.717, 1.165) is 22.3 Å². The second-order valence-electron chi connectivity index (χ2n) is 10.5. The normalized spacial score (nSPS) is 11.7. The van der Waals surface area contributed by atoms with Crippen molar-refractivity contribution < 1.29 is 23.9 Å². The van der Waals surface area contributed by atoms with Crippen LogP contribution in [0.15, 0.2) is 84.9 Å². The topological polar surface area (TPSA) is 106 Å². The van der Waals surface area contributed by atoms with E-state index in [0.29, 0.717) is 32.4 Å². The van der Waals surface area contributed by atoms with Gasteiger partial charge in [-0.3, -0.25) is 4.79 Å². The third-order valence-electron chi connectivity index (χ3n) is 5.94. The molecule has 1 atom stereocenters. The standard InChI is InChI=1S/C32H39N3O5/c1-32(2,3)40-31(38)35-28(16-10-11-21-33-30(37)39-23-25-12-6-4-7-13-25)29(36)34-22-24-17-19-27(20-18-24)26-14-8-5-9-15-26/h4-9,12-15,17-20,28H,10-11,16,21-23H2,1-3H3,(H,33,37)(H,34,36)(H,35,38).